The van der Waals surface area contributed by atoms with E-state index in [0.29, 0.717) is 12.6 Å². The van der Waals surface area contributed by atoms with Crippen LogP contribution in [0.3, 0.4) is 0 Å². The Morgan fingerprint density at radius 2 is 2.06 bits per heavy atom. The SMILES string of the molecule is CN(CC(=O)NC1CC1)C(=O)C1(CN)CC1. The summed E-state index contributed by atoms with van der Waals surface area (Å²) in [6.07, 6.45) is 3.85. The van der Waals surface area contributed by atoms with Crippen molar-refractivity contribution < 1.29 is 9.59 Å². The summed E-state index contributed by atoms with van der Waals surface area (Å²) < 4.78 is 0. The number of nitrogens with zero attached hydrogens (tertiary/aromatic N) is 1. The van der Waals surface area contributed by atoms with E-state index < -0.39 is 0 Å². The summed E-state index contributed by atoms with van der Waals surface area (Å²) in [7, 11) is 1.67. The first kappa shape index (κ1) is 11.4. The smallest absolute Gasteiger partial charge is 0.239 e. The lowest BCUT2D eigenvalue weighted by Gasteiger charge is -2.21. The highest BCUT2D eigenvalue weighted by atomic mass is 16.2. The minimum atomic E-state index is -0.353. The molecule has 3 N–H and O–H groups in total. The van der Waals surface area contributed by atoms with Gasteiger partial charge in [0.1, 0.15) is 0 Å². The second kappa shape index (κ2) is 4.05. The van der Waals surface area contributed by atoms with Gasteiger partial charge in [-0.2, -0.15) is 0 Å². The zero-order valence-corrected chi connectivity index (χ0v) is 9.66. The second-order valence-electron chi connectivity index (χ2n) is 4.99. The Bertz CT molecular complexity index is 308. The van der Waals surface area contributed by atoms with E-state index in [9.17, 15) is 9.59 Å². The maximum atomic E-state index is 12.0. The molecule has 5 nitrogen and oxygen atoms in total. The third-order valence-electron chi connectivity index (χ3n) is 3.37. The first-order valence-electron chi connectivity index (χ1n) is 5.82. The number of carbonyl (C=O) groups is 2. The molecule has 0 aromatic carbocycles. The van der Waals surface area contributed by atoms with Crippen molar-refractivity contribution in [1.29, 1.82) is 0 Å². The van der Waals surface area contributed by atoms with Gasteiger partial charge >= 0.3 is 0 Å². The number of rotatable bonds is 5. The first-order chi connectivity index (χ1) is 7.57. The summed E-state index contributed by atoms with van der Waals surface area (Å²) in [5, 5.41) is 2.87. The van der Waals surface area contributed by atoms with Crippen LogP contribution in [0.5, 0.6) is 0 Å². The van der Waals surface area contributed by atoms with Gasteiger partial charge in [-0.15, -0.1) is 0 Å². The van der Waals surface area contributed by atoms with E-state index in [-0.39, 0.29) is 23.8 Å². The molecule has 2 fully saturated rings. The van der Waals surface area contributed by atoms with Gasteiger partial charge in [0, 0.05) is 19.6 Å². The Hall–Kier alpha value is -1.10. The van der Waals surface area contributed by atoms with Gasteiger partial charge in [0.05, 0.1) is 12.0 Å². The van der Waals surface area contributed by atoms with Gasteiger partial charge in [0.15, 0.2) is 0 Å². The summed E-state index contributed by atoms with van der Waals surface area (Å²) in [6.45, 7) is 0.539. The molecule has 2 aliphatic rings. The van der Waals surface area contributed by atoms with Crippen molar-refractivity contribution in [2.24, 2.45) is 11.1 Å². The Morgan fingerprint density at radius 3 is 2.50 bits per heavy atom. The highest BCUT2D eigenvalue weighted by Crippen LogP contribution is 2.45. The molecule has 0 heterocycles. The molecule has 0 unspecified atom stereocenters. The van der Waals surface area contributed by atoms with Crippen LogP contribution in [0, 0.1) is 5.41 Å². The maximum absolute atomic E-state index is 12.0. The molecule has 2 amide bonds. The Balaban J connectivity index is 1.80. The van der Waals surface area contributed by atoms with Crippen molar-refractivity contribution >= 4 is 11.8 Å². The van der Waals surface area contributed by atoms with Crippen molar-refractivity contribution in [1.82, 2.24) is 10.2 Å². The van der Waals surface area contributed by atoms with Gasteiger partial charge in [0.25, 0.3) is 0 Å². The average molecular weight is 225 g/mol. The molecule has 0 radical (unpaired) electrons. The molecule has 0 aromatic rings. The molecular formula is C11H19N3O2. The molecule has 0 aromatic heterocycles. The van der Waals surface area contributed by atoms with Crippen LogP contribution < -0.4 is 11.1 Å². The molecular weight excluding hydrogens is 206 g/mol. The third kappa shape index (κ3) is 2.35. The first-order valence-corrected chi connectivity index (χ1v) is 5.82. The number of hydrogen-bond acceptors (Lipinski definition) is 3. The highest BCUT2D eigenvalue weighted by Gasteiger charge is 2.50. The van der Waals surface area contributed by atoms with Crippen LogP contribution in [0.4, 0.5) is 0 Å². The number of nitrogens with one attached hydrogen (secondary N) is 1. The van der Waals surface area contributed by atoms with Crippen LogP contribution in [-0.2, 0) is 9.59 Å². The van der Waals surface area contributed by atoms with E-state index in [0.717, 1.165) is 25.7 Å². The van der Waals surface area contributed by atoms with Gasteiger partial charge < -0.3 is 16.0 Å². The molecule has 90 valence electrons. The molecule has 2 aliphatic carbocycles. The predicted octanol–water partition coefficient (Wildman–Crippen LogP) is -0.538. The van der Waals surface area contributed by atoms with Gasteiger partial charge in [-0.3, -0.25) is 9.59 Å². The van der Waals surface area contributed by atoms with Gasteiger partial charge in [-0.25, -0.2) is 0 Å². The van der Waals surface area contributed by atoms with Crippen LogP contribution >= 0.6 is 0 Å². The molecule has 0 atom stereocenters. The highest BCUT2D eigenvalue weighted by molar-refractivity contribution is 5.89. The molecule has 5 heteroatoms. The molecule has 16 heavy (non-hydrogen) atoms. The molecule has 0 bridgehead atoms. The fraction of sp³-hybridized carbons (Fsp3) is 0.818. The lowest BCUT2D eigenvalue weighted by Crippen LogP contribution is -2.44. The van der Waals surface area contributed by atoms with E-state index >= 15 is 0 Å². The summed E-state index contributed by atoms with van der Waals surface area (Å²) in [6, 6.07) is 0.348. The summed E-state index contributed by atoms with van der Waals surface area (Å²) in [5.41, 5.74) is 5.23. The number of nitrogens with two attached hydrogens (primary N) is 1. The van der Waals surface area contributed by atoms with Crippen LogP contribution in [0.1, 0.15) is 25.7 Å². The van der Waals surface area contributed by atoms with Gasteiger partial charge in [-0.1, -0.05) is 0 Å². The van der Waals surface area contributed by atoms with Crippen LogP contribution in [-0.4, -0.2) is 42.9 Å². The normalized spacial score (nSPS) is 21.4. The summed E-state index contributed by atoms with van der Waals surface area (Å²) in [4.78, 5) is 25.0. The van der Waals surface area contributed by atoms with E-state index in [4.69, 9.17) is 5.73 Å². The largest absolute Gasteiger partial charge is 0.352 e. The lowest BCUT2D eigenvalue weighted by molar-refractivity contribution is -0.139. The molecule has 0 spiro atoms. The fourth-order valence-electron chi connectivity index (χ4n) is 1.85. The maximum Gasteiger partial charge on any atom is 0.239 e. The van der Waals surface area contributed by atoms with Crippen molar-refractivity contribution in [3.05, 3.63) is 0 Å². The van der Waals surface area contributed by atoms with Crippen molar-refractivity contribution in [3.8, 4) is 0 Å². The molecule has 0 saturated heterocycles. The zero-order valence-electron chi connectivity index (χ0n) is 9.66. The standard InChI is InChI=1S/C11H19N3O2/c1-14(6-9(15)13-8-2-3-8)10(16)11(7-12)4-5-11/h8H,2-7,12H2,1H3,(H,13,15). The van der Waals surface area contributed by atoms with Crippen LogP contribution in [0.25, 0.3) is 0 Å². The van der Waals surface area contributed by atoms with E-state index in [2.05, 4.69) is 5.32 Å². The topological polar surface area (TPSA) is 75.4 Å². The zero-order chi connectivity index (χ0) is 11.8. The van der Waals surface area contributed by atoms with Crippen LogP contribution in [0.15, 0.2) is 0 Å². The summed E-state index contributed by atoms with van der Waals surface area (Å²) in [5.74, 6) is -0.0490. The number of hydrogen-bond donors (Lipinski definition) is 2. The Labute approximate surface area is 95.3 Å². The Kier molecular flexibility index (Phi) is 2.88. The predicted molar refractivity (Wildman–Crippen MR) is 59.5 cm³/mol. The summed E-state index contributed by atoms with van der Waals surface area (Å²) >= 11 is 0. The van der Waals surface area contributed by atoms with E-state index in [1.807, 2.05) is 0 Å². The van der Waals surface area contributed by atoms with Gasteiger partial charge in [0.2, 0.25) is 11.8 Å². The van der Waals surface area contributed by atoms with Crippen molar-refractivity contribution in [2.45, 2.75) is 31.7 Å². The van der Waals surface area contributed by atoms with E-state index in [1.54, 1.807) is 7.05 Å². The third-order valence-corrected chi connectivity index (χ3v) is 3.37. The number of carbonyl (C=O) groups excluding carboxylic acids is 2. The minimum absolute atomic E-state index is 0.0148. The number of amides is 2. The quantitative estimate of drug-likeness (QED) is 0.660. The van der Waals surface area contributed by atoms with Crippen LogP contribution in [0.2, 0.25) is 0 Å². The lowest BCUT2D eigenvalue weighted by atomic mass is 10.1. The fourth-order valence-corrected chi connectivity index (χ4v) is 1.85. The van der Waals surface area contributed by atoms with Crippen molar-refractivity contribution in [2.75, 3.05) is 20.1 Å². The molecule has 0 aliphatic heterocycles. The van der Waals surface area contributed by atoms with Crippen molar-refractivity contribution in [3.63, 3.8) is 0 Å². The minimum Gasteiger partial charge on any atom is -0.352 e. The number of likely N-dealkylation sites (N-methyl/N-ethyl adjacent to an activating group) is 1. The monoisotopic (exact) mass is 225 g/mol. The second-order valence-corrected chi connectivity index (χ2v) is 4.99. The average Bonchev–Trinajstić information content (AvgIpc) is 3.11. The Morgan fingerprint density at radius 1 is 1.44 bits per heavy atom. The van der Waals surface area contributed by atoms with E-state index in [1.165, 1.54) is 4.90 Å². The van der Waals surface area contributed by atoms with Gasteiger partial charge in [-0.05, 0) is 25.7 Å². The molecule has 2 rings (SSSR count). The molecule has 2 saturated carbocycles.